The molecule has 0 aromatic heterocycles. The number of ether oxygens (including phenoxy) is 2. The topological polar surface area (TPSA) is 67.9 Å². The average Bonchev–Trinajstić information content (AvgIpc) is 2.37. The van der Waals surface area contributed by atoms with Crippen LogP contribution in [0.1, 0.15) is 47.5 Å². The van der Waals surface area contributed by atoms with Crippen LogP contribution in [0.2, 0.25) is 0 Å². The Morgan fingerprint density at radius 2 is 2.05 bits per heavy atom. The van der Waals surface area contributed by atoms with Crippen LogP contribution in [0.25, 0.3) is 0 Å². The highest BCUT2D eigenvalue weighted by Gasteiger charge is 2.29. The summed E-state index contributed by atoms with van der Waals surface area (Å²) < 4.78 is 10.4. The molecular formula is C15H28N2O4. The molecule has 0 saturated carbocycles. The van der Waals surface area contributed by atoms with Gasteiger partial charge in [-0.05, 0) is 47.5 Å². The smallest absolute Gasteiger partial charge is 0.410 e. The Morgan fingerprint density at radius 1 is 1.38 bits per heavy atom. The summed E-state index contributed by atoms with van der Waals surface area (Å²) in [7, 11) is 0. The Labute approximate surface area is 127 Å². The molecule has 1 N–H and O–H groups in total. The Bertz CT molecular complexity index is 365. The summed E-state index contributed by atoms with van der Waals surface area (Å²) in [6, 6.07) is -0.279. The van der Waals surface area contributed by atoms with Crippen molar-refractivity contribution in [1.82, 2.24) is 10.2 Å². The van der Waals surface area contributed by atoms with E-state index in [2.05, 4.69) is 5.32 Å². The lowest BCUT2D eigenvalue weighted by Crippen LogP contribution is -2.52. The third kappa shape index (κ3) is 6.33. The fourth-order valence-electron chi connectivity index (χ4n) is 2.29. The van der Waals surface area contributed by atoms with E-state index in [1.54, 1.807) is 18.7 Å². The molecule has 0 aliphatic carbocycles. The van der Waals surface area contributed by atoms with Crippen molar-refractivity contribution in [2.45, 2.75) is 65.1 Å². The van der Waals surface area contributed by atoms with E-state index in [9.17, 15) is 9.59 Å². The summed E-state index contributed by atoms with van der Waals surface area (Å²) in [5.74, 6) is -0.258. The van der Waals surface area contributed by atoms with Gasteiger partial charge < -0.3 is 19.7 Å². The Balaban J connectivity index is 2.48. The molecule has 6 nitrogen and oxygen atoms in total. The summed E-state index contributed by atoms with van der Waals surface area (Å²) in [5, 5.41) is 3.23. The first-order valence-corrected chi connectivity index (χ1v) is 7.63. The van der Waals surface area contributed by atoms with Crippen LogP contribution in [0.4, 0.5) is 4.79 Å². The number of nitrogens with zero attached hydrogens (tertiary/aromatic N) is 1. The molecule has 0 bridgehead atoms. The number of hydrogen-bond acceptors (Lipinski definition) is 5. The van der Waals surface area contributed by atoms with Gasteiger partial charge >= 0.3 is 12.1 Å². The third-order valence-corrected chi connectivity index (χ3v) is 3.20. The van der Waals surface area contributed by atoms with Crippen molar-refractivity contribution < 1.29 is 19.1 Å². The number of carbonyl (C=O) groups is 2. The van der Waals surface area contributed by atoms with Gasteiger partial charge in [0.1, 0.15) is 11.6 Å². The van der Waals surface area contributed by atoms with E-state index < -0.39 is 5.60 Å². The van der Waals surface area contributed by atoms with Crippen molar-refractivity contribution in [3.63, 3.8) is 0 Å². The van der Waals surface area contributed by atoms with Crippen LogP contribution >= 0.6 is 0 Å². The molecule has 1 fully saturated rings. The van der Waals surface area contributed by atoms with E-state index in [1.807, 2.05) is 20.8 Å². The van der Waals surface area contributed by atoms with Crippen molar-refractivity contribution >= 4 is 12.1 Å². The van der Waals surface area contributed by atoms with Gasteiger partial charge in [-0.15, -0.1) is 0 Å². The summed E-state index contributed by atoms with van der Waals surface area (Å²) >= 11 is 0. The standard InChI is InChI=1S/C15H28N2O4/c1-6-20-13(18)11(2)16-12-8-7-9-17(10-12)14(19)21-15(3,4)5/h11-12,16H,6-10H2,1-5H3. The second-order valence-corrected chi connectivity index (χ2v) is 6.41. The Hall–Kier alpha value is -1.30. The highest BCUT2D eigenvalue weighted by atomic mass is 16.6. The third-order valence-electron chi connectivity index (χ3n) is 3.20. The molecule has 1 heterocycles. The molecule has 6 heteroatoms. The van der Waals surface area contributed by atoms with Gasteiger partial charge in [-0.2, -0.15) is 0 Å². The first-order valence-electron chi connectivity index (χ1n) is 7.63. The summed E-state index contributed by atoms with van der Waals surface area (Å²) in [6.45, 7) is 10.8. The zero-order valence-corrected chi connectivity index (χ0v) is 13.8. The van der Waals surface area contributed by atoms with Gasteiger partial charge in [0.25, 0.3) is 0 Å². The second kappa shape index (κ2) is 7.64. The average molecular weight is 300 g/mol. The Kier molecular flexibility index (Phi) is 6.45. The second-order valence-electron chi connectivity index (χ2n) is 6.41. The molecule has 0 aromatic rings. The van der Waals surface area contributed by atoms with Gasteiger partial charge in [-0.25, -0.2) is 4.79 Å². The first kappa shape index (κ1) is 17.8. The number of piperidine rings is 1. The monoisotopic (exact) mass is 300 g/mol. The van der Waals surface area contributed by atoms with E-state index in [0.29, 0.717) is 19.7 Å². The minimum atomic E-state index is -0.490. The van der Waals surface area contributed by atoms with Crippen molar-refractivity contribution in [1.29, 1.82) is 0 Å². The minimum Gasteiger partial charge on any atom is -0.465 e. The zero-order chi connectivity index (χ0) is 16.0. The largest absolute Gasteiger partial charge is 0.465 e. The molecule has 1 rings (SSSR count). The van der Waals surface area contributed by atoms with E-state index in [1.165, 1.54) is 0 Å². The number of likely N-dealkylation sites (tertiary alicyclic amines) is 1. The van der Waals surface area contributed by atoms with Crippen molar-refractivity contribution in [2.75, 3.05) is 19.7 Å². The minimum absolute atomic E-state index is 0.0886. The van der Waals surface area contributed by atoms with Crippen LogP contribution in [0.15, 0.2) is 0 Å². The number of carbonyl (C=O) groups excluding carboxylic acids is 2. The lowest BCUT2D eigenvalue weighted by Gasteiger charge is -2.35. The van der Waals surface area contributed by atoms with Gasteiger partial charge in [0.2, 0.25) is 0 Å². The predicted molar refractivity (Wildman–Crippen MR) is 80.1 cm³/mol. The summed E-state index contributed by atoms with van der Waals surface area (Å²) in [6.07, 6.45) is 1.54. The van der Waals surface area contributed by atoms with E-state index in [-0.39, 0.29) is 24.1 Å². The highest BCUT2D eigenvalue weighted by Crippen LogP contribution is 2.15. The quantitative estimate of drug-likeness (QED) is 0.804. The van der Waals surface area contributed by atoms with E-state index in [4.69, 9.17) is 9.47 Å². The van der Waals surface area contributed by atoms with E-state index >= 15 is 0 Å². The van der Waals surface area contributed by atoms with E-state index in [0.717, 1.165) is 12.8 Å². The molecule has 0 spiro atoms. The maximum absolute atomic E-state index is 12.1. The lowest BCUT2D eigenvalue weighted by atomic mass is 10.1. The molecule has 1 saturated heterocycles. The van der Waals surface area contributed by atoms with Gasteiger partial charge in [-0.3, -0.25) is 4.79 Å². The number of rotatable bonds is 4. The van der Waals surface area contributed by atoms with Crippen molar-refractivity contribution in [3.8, 4) is 0 Å². The fourth-order valence-corrected chi connectivity index (χ4v) is 2.29. The molecule has 2 atom stereocenters. The number of amides is 1. The SMILES string of the molecule is CCOC(=O)C(C)NC1CCCN(C(=O)OC(C)(C)C)C1. The Morgan fingerprint density at radius 3 is 2.62 bits per heavy atom. The molecule has 122 valence electrons. The molecule has 0 aromatic carbocycles. The normalized spacial score (nSPS) is 20.8. The molecule has 1 amide bonds. The first-order chi connectivity index (χ1) is 9.73. The maximum atomic E-state index is 12.1. The molecule has 0 radical (unpaired) electrons. The van der Waals surface area contributed by atoms with Crippen LogP contribution < -0.4 is 5.32 Å². The van der Waals surface area contributed by atoms with Gasteiger partial charge in [0, 0.05) is 19.1 Å². The van der Waals surface area contributed by atoms with Crippen LogP contribution in [0.5, 0.6) is 0 Å². The van der Waals surface area contributed by atoms with Crippen LogP contribution in [0, 0.1) is 0 Å². The van der Waals surface area contributed by atoms with Gasteiger partial charge in [-0.1, -0.05) is 0 Å². The van der Waals surface area contributed by atoms with Gasteiger partial charge in [0.15, 0.2) is 0 Å². The predicted octanol–water partition coefficient (Wildman–Crippen LogP) is 1.93. The maximum Gasteiger partial charge on any atom is 0.410 e. The molecule has 1 aliphatic rings. The highest BCUT2D eigenvalue weighted by molar-refractivity contribution is 5.75. The van der Waals surface area contributed by atoms with Gasteiger partial charge in [0.05, 0.1) is 6.61 Å². The summed E-state index contributed by atoms with van der Waals surface area (Å²) in [4.78, 5) is 25.4. The zero-order valence-electron chi connectivity index (χ0n) is 13.8. The fraction of sp³-hybridized carbons (Fsp3) is 0.867. The molecule has 21 heavy (non-hydrogen) atoms. The van der Waals surface area contributed by atoms with Crippen molar-refractivity contribution in [2.24, 2.45) is 0 Å². The van der Waals surface area contributed by atoms with Crippen LogP contribution in [-0.2, 0) is 14.3 Å². The molecule has 2 unspecified atom stereocenters. The molecule has 1 aliphatic heterocycles. The van der Waals surface area contributed by atoms with Crippen LogP contribution in [0.3, 0.4) is 0 Å². The van der Waals surface area contributed by atoms with Crippen molar-refractivity contribution in [3.05, 3.63) is 0 Å². The number of nitrogens with one attached hydrogen (secondary N) is 1. The molecular weight excluding hydrogens is 272 g/mol. The van der Waals surface area contributed by atoms with Crippen LogP contribution in [-0.4, -0.2) is 54.3 Å². The number of esters is 1. The lowest BCUT2D eigenvalue weighted by molar-refractivity contribution is -0.145. The summed E-state index contributed by atoms with van der Waals surface area (Å²) in [5.41, 5.74) is -0.490. The number of hydrogen-bond donors (Lipinski definition) is 1.